The highest BCUT2D eigenvalue weighted by Gasteiger charge is 2.18. The number of carbonyl (C=O) groups excluding carboxylic acids is 1. The lowest BCUT2D eigenvalue weighted by atomic mass is 10.2. The first-order valence-corrected chi connectivity index (χ1v) is 8.86. The SMILES string of the molecule is Cc1c(Cl)cccc1NC(=O)[C@H](C)Sc1n[nH]c(-c2ccncc2)n1. The summed E-state index contributed by atoms with van der Waals surface area (Å²) in [7, 11) is 0. The van der Waals surface area contributed by atoms with Gasteiger partial charge >= 0.3 is 0 Å². The van der Waals surface area contributed by atoms with E-state index >= 15 is 0 Å². The zero-order valence-corrected chi connectivity index (χ0v) is 15.2. The van der Waals surface area contributed by atoms with Gasteiger partial charge < -0.3 is 5.32 Å². The standard InChI is InChI=1S/C17H16ClN5OS/c1-10-13(18)4-3-5-14(10)20-16(24)11(2)25-17-21-15(22-23-17)12-6-8-19-9-7-12/h3-9,11H,1-2H3,(H,20,24)(H,21,22,23)/t11-/m0/s1. The van der Waals surface area contributed by atoms with Crippen molar-refractivity contribution in [2.24, 2.45) is 0 Å². The van der Waals surface area contributed by atoms with Crippen molar-refractivity contribution < 1.29 is 4.79 Å². The van der Waals surface area contributed by atoms with Crippen molar-refractivity contribution in [2.75, 3.05) is 5.32 Å². The van der Waals surface area contributed by atoms with Crippen molar-refractivity contribution in [1.82, 2.24) is 20.2 Å². The number of carbonyl (C=O) groups is 1. The van der Waals surface area contributed by atoms with Crippen LogP contribution < -0.4 is 5.32 Å². The van der Waals surface area contributed by atoms with Crippen molar-refractivity contribution in [3.63, 3.8) is 0 Å². The van der Waals surface area contributed by atoms with E-state index in [9.17, 15) is 4.79 Å². The molecule has 2 N–H and O–H groups in total. The van der Waals surface area contributed by atoms with Crippen molar-refractivity contribution >= 4 is 35.0 Å². The van der Waals surface area contributed by atoms with Crippen LogP contribution in [0.4, 0.5) is 5.69 Å². The van der Waals surface area contributed by atoms with Gasteiger partial charge in [0.2, 0.25) is 11.1 Å². The number of anilines is 1. The first-order valence-electron chi connectivity index (χ1n) is 7.60. The molecule has 0 saturated carbocycles. The van der Waals surface area contributed by atoms with Gasteiger partial charge in [-0.25, -0.2) is 4.98 Å². The number of nitrogens with zero attached hydrogens (tertiary/aromatic N) is 3. The third kappa shape index (κ3) is 4.18. The van der Waals surface area contributed by atoms with E-state index in [0.717, 1.165) is 11.1 Å². The lowest BCUT2D eigenvalue weighted by Gasteiger charge is -2.12. The zero-order valence-electron chi connectivity index (χ0n) is 13.7. The summed E-state index contributed by atoms with van der Waals surface area (Å²) >= 11 is 7.36. The number of aromatic nitrogens is 4. The average molecular weight is 374 g/mol. The van der Waals surface area contributed by atoms with Crippen LogP contribution in [-0.2, 0) is 4.79 Å². The van der Waals surface area contributed by atoms with Gasteiger partial charge in [-0.3, -0.25) is 14.9 Å². The van der Waals surface area contributed by atoms with E-state index in [0.29, 0.717) is 21.7 Å². The Balaban J connectivity index is 1.66. The lowest BCUT2D eigenvalue weighted by molar-refractivity contribution is -0.115. The smallest absolute Gasteiger partial charge is 0.237 e. The first-order chi connectivity index (χ1) is 12.0. The van der Waals surface area contributed by atoms with Gasteiger partial charge in [-0.1, -0.05) is 29.4 Å². The number of halogens is 1. The summed E-state index contributed by atoms with van der Waals surface area (Å²) in [6.45, 7) is 3.67. The molecule has 0 saturated heterocycles. The Morgan fingerprint density at radius 2 is 2.04 bits per heavy atom. The van der Waals surface area contributed by atoms with Crippen LogP contribution >= 0.6 is 23.4 Å². The van der Waals surface area contributed by atoms with Crippen LogP contribution in [-0.4, -0.2) is 31.3 Å². The van der Waals surface area contributed by atoms with E-state index < -0.39 is 0 Å². The Kier molecular flexibility index (Phi) is 5.35. The van der Waals surface area contributed by atoms with Gasteiger partial charge in [-0.05, 0) is 43.7 Å². The molecule has 3 aromatic rings. The van der Waals surface area contributed by atoms with Crippen molar-refractivity contribution in [3.05, 3.63) is 53.3 Å². The summed E-state index contributed by atoms with van der Waals surface area (Å²) in [6, 6.07) is 9.10. The molecule has 0 radical (unpaired) electrons. The number of thioether (sulfide) groups is 1. The zero-order chi connectivity index (χ0) is 17.8. The number of hydrogen-bond donors (Lipinski definition) is 2. The Labute approximate surface area is 154 Å². The van der Waals surface area contributed by atoms with Crippen LogP contribution in [0.5, 0.6) is 0 Å². The maximum Gasteiger partial charge on any atom is 0.237 e. The second-order valence-electron chi connectivity index (χ2n) is 5.36. The first kappa shape index (κ1) is 17.4. The monoisotopic (exact) mass is 373 g/mol. The van der Waals surface area contributed by atoms with E-state index in [2.05, 4.69) is 25.5 Å². The maximum absolute atomic E-state index is 12.4. The van der Waals surface area contributed by atoms with E-state index in [1.54, 1.807) is 24.5 Å². The molecule has 0 unspecified atom stereocenters. The topological polar surface area (TPSA) is 83.6 Å². The van der Waals surface area contributed by atoms with Gasteiger partial charge in [-0.2, -0.15) is 0 Å². The molecule has 2 heterocycles. The summed E-state index contributed by atoms with van der Waals surface area (Å²) in [5.74, 6) is 0.508. The Morgan fingerprint density at radius 1 is 1.28 bits per heavy atom. The van der Waals surface area contributed by atoms with Gasteiger partial charge in [0.15, 0.2) is 5.82 Å². The van der Waals surface area contributed by atoms with Crippen LogP contribution in [0.25, 0.3) is 11.4 Å². The molecule has 0 aliphatic heterocycles. The number of H-pyrrole nitrogens is 1. The second kappa shape index (κ2) is 7.67. The van der Waals surface area contributed by atoms with E-state index in [-0.39, 0.29) is 11.2 Å². The second-order valence-corrected chi connectivity index (χ2v) is 7.08. The molecule has 8 heteroatoms. The minimum absolute atomic E-state index is 0.134. The fraction of sp³-hybridized carbons (Fsp3) is 0.176. The highest BCUT2D eigenvalue weighted by molar-refractivity contribution is 8.00. The third-order valence-corrected chi connectivity index (χ3v) is 4.97. The predicted octanol–water partition coefficient (Wildman–Crippen LogP) is 3.95. The summed E-state index contributed by atoms with van der Waals surface area (Å²) in [4.78, 5) is 20.8. The molecule has 2 aromatic heterocycles. The van der Waals surface area contributed by atoms with Crippen LogP contribution in [0.3, 0.4) is 0 Å². The Bertz CT molecular complexity index is 884. The Morgan fingerprint density at radius 3 is 2.80 bits per heavy atom. The summed E-state index contributed by atoms with van der Waals surface area (Å²) < 4.78 is 0. The summed E-state index contributed by atoms with van der Waals surface area (Å²) in [6.07, 6.45) is 3.38. The largest absolute Gasteiger partial charge is 0.325 e. The molecule has 0 spiro atoms. The quantitative estimate of drug-likeness (QED) is 0.661. The number of hydrogen-bond acceptors (Lipinski definition) is 5. The Hall–Kier alpha value is -2.38. The molecule has 0 aliphatic rings. The number of aromatic amines is 1. The van der Waals surface area contributed by atoms with Crippen molar-refractivity contribution in [3.8, 4) is 11.4 Å². The molecule has 0 bridgehead atoms. The molecular weight excluding hydrogens is 358 g/mol. The minimum Gasteiger partial charge on any atom is -0.325 e. The number of pyridine rings is 1. The number of rotatable bonds is 5. The van der Waals surface area contributed by atoms with Crippen LogP contribution in [0, 0.1) is 6.92 Å². The molecule has 3 rings (SSSR count). The van der Waals surface area contributed by atoms with Gasteiger partial charge in [0.25, 0.3) is 0 Å². The van der Waals surface area contributed by atoms with Crippen LogP contribution in [0.2, 0.25) is 5.02 Å². The normalized spacial score (nSPS) is 12.0. The van der Waals surface area contributed by atoms with Crippen LogP contribution in [0.15, 0.2) is 47.9 Å². The van der Waals surface area contributed by atoms with Crippen LogP contribution in [0.1, 0.15) is 12.5 Å². The molecule has 6 nitrogen and oxygen atoms in total. The number of nitrogens with one attached hydrogen (secondary N) is 2. The highest BCUT2D eigenvalue weighted by atomic mass is 35.5. The number of benzene rings is 1. The lowest BCUT2D eigenvalue weighted by Crippen LogP contribution is -2.23. The fourth-order valence-corrected chi connectivity index (χ4v) is 3.03. The molecule has 0 aliphatic carbocycles. The average Bonchev–Trinajstić information content (AvgIpc) is 3.08. The predicted molar refractivity (Wildman–Crippen MR) is 99.8 cm³/mol. The minimum atomic E-state index is -0.362. The molecule has 0 fully saturated rings. The molecular formula is C17H16ClN5OS. The third-order valence-electron chi connectivity index (χ3n) is 3.60. The molecule has 1 aromatic carbocycles. The van der Waals surface area contributed by atoms with Gasteiger partial charge in [0, 0.05) is 28.7 Å². The van der Waals surface area contributed by atoms with Gasteiger partial charge in [0.1, 0.15) is 0 Å². The molecule has 1 atom stereocenters. The highest BCUT2D eigenvalue weighted by Crippen LogP contribution is 2.26. The number of amides is 1. The molecule has 1 amide bonds. The summed E-state index contributed by atoms with van der Waals surface area (Å²) in [5.41, 5.74) is 2.44. The molecule has 25 heavy (non-hydrogen) atoms. The van der Waals surface area contributed by atoms with Crippen molar-refractivity contribution in [2.45, 2.75) is 24.3 Å². The van der Waals surface area contributed by atoms with Gasteiger partial charge in [0.05, 0.1) is 5.25 Å². The fourth-order valence-electron chi connectivity index (χ4n) is 2.13. The van der Waals surface area contributed by atoms with E-state index in [1.807, 2.05) is 32.0 Å². The summed E-state index contributed by atoms with van der Waals surface area (Å²) in [5, 5.41) is 10.7. The van der Waals surface area contributed by atoms with Gasteiger partial charge in [-0.15, -0.1) is 5.10 Å². The van der Waals surface area contributed by atoms with E-state index in [4.69, 9.17) is 11.6 Å². The maximum atomic E-state index is 12.4. The van der Waals surface area contributed by atoms with Crippen molar-refractivity contribution in [1.29, 1.82) is 0 Å². The van der Waals surface area contributed by atoms with E-state index in [1.165, 1.54) is 11.8 Å². The molecule has 128 valence electrons.